The van der Waals surface area contributed by atoms with E-state index in [0.29, 0.717) is 0 Å². The van der Waals surface area contributed by atoms with Gasteiger partial charge in [0, 0.05) is 6.08 Å². The molecule has 0 bridgehead atoms. The molecule has 0 heterocycles. The van der Waals surface area contributed by atoms with Crippen molar-refractivity contribution in [1.29, 1.82) is 5.26 Å². The lowest BCUT2D eigenvalue weighted by Gasteiger charge is -1.77. The fourth-order valence-electron chi connectivity index (χ4n) is 0.0867. The second-order valence-electron chi connectivity index (χ2n) is 0.717. The summed E-state index contributed by atoms with van der Waals surface area (Å²) in [5, 5.41) is 7.63. The Hall–Kier alpha value is -1.34. The SMILES string of the molecule is C=CC(=O)OC#N.O. The lowest BCUT2D eigenvalue weighted by molar-refractivity contribution is -0.131. The van der Waals surface area contributed by atoms with Crippen molar-refractivity contribution in [3.8, 4) is 6.26 Å². The Labute approximate surface area is 46.3 Å². The van der Waals surface area contributed by atoms with E-state index in [-0.39, 0.29) is 5.48 Å². The van der Waals surface area contributed by atoms with Gasteiger partial charge < -0.3 is 10.2 Å². The molecule has 0 saturated heterocycles. The van der Waals surface area contributed by atoms with Crippen molar-refractivity contribution < 1.29 is 15.0 Å². The summed E-state index contributed by atoms with van der Waals surface area (Å²) in [6, 6.07) is 0. The van der Waals surface area contributed by atoms with E-state index in [1.165, 1.54) is 6.26 Å². The second kappa shape index (κ2) is 5.66. The molecule has 0 radical (unpaired) electrons. The average molecular weight is 115 g/mol. The number of ether oxygens (including phenoxy) is 1. The van der Waals surface area contributed by atoms with Gasteiger partial charge in [0.2, 0.25) is 0 Å². The number of nitriles is 1. The van der Waals surface area contributed by atoms with Gasteiger partial charge in [-0.15, -0.1) is 5.26 Å². The number of hydrogen-bond donors (Lipinski definition) is 0. The third-order valence-electron chi connectivity index (χ3n) is 0.313. The molecule has 0 amide bonds. The van der Waals surface area contributed by atoms with Gasteiger partial charge in [0.1, 0.15) is 0 Å². The Morgan fingerprint density at radius 1 is 1.88 bits per heavy atom. The van der Waals surface area contributed by atoms with Gasteiger partial charge in [-0.3, -0.25) is 0 Å². The molecule has 0 atom stereocenters. The van der Waals surface area contributed by atoms with Crippen molar-refractivity contribution in [2.24, 2.45) is 0 Å². The van der Waals surface area contributed by atoms with Gasteiger partial charge in [-0.1, -0.05) is 6.58 Å². The summed E-state index contributed by atoms with van der Waals surface area (Å²) in [5.41, 5.74) is 0. The van der Waals surface area contributed by atoms with E-state index in [2.05, 4.69) is 11.3 Å². The monoisotopic (exact) mass is 115 g/mol. The van der Waals surface area contributed by atoms with Crippen LogP contribution in [-0.4, -0.2) is 11.4 Å². The highest BCUT2D eigenvalue weighted by Crippen LogP contribution is 1.71. The normalized spacial score (nSPS) is 5.38. The highest BCUT2D eigenvalue weighted by Gasteiger charge is 1.87. The fraction of sp³-hybridized carbons (Fsp3) is 0. The van der Waals surface area contributed by atoms with Crippen molar-refractivity contribution in [2.75, 3.05) is 0 Å². The van der Waals surface area contributed by atoms with Gasteiger partial charge >= 0.3 is 5.97 Å². The Bertz CT molecular complexity index is 124. The van der Waals surface area contributed by atoms with E-state index in [4.69, 9.17) is 5.26 Å². The van der Waals surface area contributed by atoms with Crippen LogP contribution in [0.3, 0.4) is 0 Å². The largest absolute Gasteiger partial charge is 0.412 e. The molecule has 0 fully saturated rings. The molecule has 0 aliphatic heterocycles. The molecule has 0 spiro atoms. The van der Waals surface area contributed by atoms with Crippen molar-refractivity contribution in [3.63, 3.8) is 0 Å². The highest BCUT2D eigenvalue weighted by molar-refractivity contribution is 5.81. The molecule has 0 aromatic rings. The number of carbonyl (C=O) groups is 1. The van der Waals surface area contributed by atoms with E-state index >= 15 is 0 Å². The third kappa shape index (κ3) is 4.66. The minimum Gasteiger partial charge on any atom is -0.412 e. The van der Waals surface area contributed by atoms with Crippen LogP contribution in [-0.2, 0) is 9.53 Å². The Kier molecular flexibility index (Phi) is 6.95. The van der Waals surface area contributed by atoms with Crippen LogP contribution in [0, 0.1) is 11.5 Å². The van der Waals surface area contributed by atoms with E-state index < -0.39 is 5.97 Å². The number of esters is 1. The molecule has 0 aromatic carbocycles. The summed E-state index contributed by atoms with van der Waals surface area (Å²) in [7, 11) is 0. The van der Waals surface area contributed by atoms with Crippen LogP contribution >= 0.6 is 0 Å². The van der Waals surface area contributed by atoms with Crippen LogP contribution in [0.25, 0.3) is 0 Å². The second-order valence-corrected chi connectivity index (χ2v) is 0.717. The van der Waals surface area contributed by atoms with Gasteiger partial charge in [-0.2, -0.15) is 0 Å². The van der Waals surface area contributed by atoms with E-state index in [1.54, 1.807) is 0 Å². The van der Waals surface area contributed by atoms with Crippen molar-refractivity contribution in [1.82, 2.24) is 0 Å². The molecule has 0 rings (SSSR count). The molecule has 44 valence electrons. The van der Waals surface area contributed by atoms with Crippen LogP contribution in [0.1, 0.15) is 0 Å². The number of nitrogens with zero attached hydrogens (tertiary/aromatic N) is 1. The van der Waals surface area contributed by atoms with E-state index in [1.807, 2.05) is 0 Å². The minimum absolute atomic E-state index is 0. The van der Waals surface area contributed by atoms with Crippen LogP contribution < -0.4 is 0 Å². The molecule has 2 N–H and O–H groups in total. The maximum absolute atomic E-state index is 9.85. The van der Waals surface area contributed by atoms with Crippen LogP contribution in [0.5, 0.6) is 0 Å². The summed E-state index contributed by atoms with van der Waals surface area (Å²) in [6.07, 6.45) is 2.12. The highest BCUT2D eigenvalue weighted by atomic mass is 16.5. The lowest BCUT2D eigenvalue weighted by Crippen LogP contribution is -1.91. The summed E-state index contributed by atoms with van der Waals surface area (Å²) in [5.74, 6) is -0.720. The molecule has 0 aromatic heterocycles. The summed E-state index contributed by atoms with van der Waals surface area (Å²) >= 11 is 0. The number of carbonyl (C=O) groups excluding carboxylic acids is 1. The zero-order valence-electron chi connectivity index (χ0n) is 4.05. The fourth-order valence-corrected chi connectivity index (χ4v) is 0.0867. The molecule has 0 aliphatic carbocycles. The molecule has 4 nitrogen and oxygen atoms in total. The predicted octanol–water partition coefficient (Wildman–Crippen LogP) is -0.628. The Morgan fingerprint density at radius 3 is 2.50 bits per heavy atom. The zero-order chi connectivity index (χ0) is 5.70. The molecule has 8 heavy (non-hydrogen) atoms. The van der Waals surface area contributed by atoms with Crippen LogP contribution in [0.2, 0.25) is 0 Å². The average Bonchev–Trinajstić information content (AvgIpc) is 1.68. The topological polar surface area (TPSA) is 81.6 Å². The molecular weight excluding hydrogens is 110 g/mol. The van der Waals surface area contributed by atoms with Gasteiger partial charge in [-0.25, -0.2) is 4.79 Å². The Morgan fingerprint density at radius 2 is 2.38 bits per heavy atom. The molecule has 0 unspecified atom stereocenters. The predicted molar refractivity (Wildman–Crippen MR) is 25.5 cm³/mol. The van der Waals surface area contributed by atoms with Gasteiger partial charge in [0.05, 0.1) is 0 Å². The quantitative estimate of drug-likeness (QED) is 0.259. The standard InChI is InChI=1S/C4H3NO2.H2O/c1-2-4(6)7-3-5;/h2H,1H2;1H2. The summed E-state index contributed by atoms with van der Waals surface area (Å²) in [6.45, 7) is 3.05. The first kappa shape index (κ1) is 9.83. The Balaban J connectivity index is 0. The molecular formula is C4H5NO3. The van der Waals surface area contributed by atoms with Gasteiger partial charge in [0.15, 0.2) is 0 Å². The van der Waals surface area contributed by atoms with E-state index in [0.717, 1.165) is 6.08 Å². The third-order valence-corrected chi connectivity index (χ3v) is 0.313. The lowest BCUT2D eigenvalue weighted by atomic mass is 10.7. The number of rotatable bonds is 1. The maximum Gasteiger partial charge on any atom is 0.345 e. The maximum atomic E-state index is 9.85. The molecule has 0 aliphatic rings. The molecule has 4 heteroatoms. The first-order chi connectivity index (χ1) is 3.31. The smallest absolute Gasteiger partial charge is 0.345 e. The van der Waals surface area contributed by atoms with Crippen molar-refractivity contribution >= 4 is 5.97 Å². The van der Waals surface area contributed by atoms with Crippen molar-refractivity contribution in [3.05, 3.63) is 12.7 Å². The van der Waals surface area contributed by atoms with Crippen LogP contribution in [0.4, 0.5) is 0 Å². The minimum atomic E-state index is -0.720. The van der Waals surface area contributed by atoms with Gasteiger partial charge in [-0.05, 0) is 0 Å². The zero-order valence-corrected chi connectivity index (χ0v) is 4.05. The van der Waals surface area contributed by atoms with E-state index in [9.17, 15) is 4.79 Å². The van der Waals surface area contributed by atoms with Crippen LogP contribution in [0.15, 0.2) is 12.7 Å². The first-order valence-electron chi connectivity index (χ1n) is 1.53. The molecule has 0 saturated carbocycles. The number of hydrogen-bond acceptors (Lipinski definition) is 3. The summed E-state index contributed by atoms with van der Waals surface area (Å²) < 4.78 is 3.74. The van der Waals surface area contributed by atoms with Gasteiger partial charge in [0.25, 0.3) is 6.26 Å². The van der Waals surface area contributed by atoms with Crippen molar-refractivity contribution in [2.45, 2.75) is 0 Å². The summed E-state index contributed by atoms with van der Waals surface area (Å²) in [4.78, 5) is 9.85. The first-order valence-corrected chi connectivity index (χ1v) is 1.53.